The van der Waals surface area contributed by atoms with Crippen LogP contribution in [0.2, 0.25) is 0 Å². The molecular formula is C21H35N7O7. The minimum atomic E-state index is -1.60. The van der Waals surface area contributed by atoms with E-state index in [-0.39, 0.29) is 25.2 Å². The van der Waals surface area contributed by atoms with Gasteiger partial charge in [-0.15, -0.1) is 0 Å². The highest BCUT2D eigenvalue weighted by atomic mass is 16.4. The highest BCUT2D eigenvalue weighted by Crippen LogP contribution is 2.10. The van der Waals surface area contributed by atoms with Crippen LogP contribution in [-0.4, -0.2) is 80.1 Å². The second-order valence-corrected chi connectivity index (χ2v) is 8.39. The molecule has 0 bridgehead atoms. The van der Waals surface area contributed by atoms with Gasteiger partial charge in [0.1, 0.15) is 12.1 Å². The summed E-state index contributed by atoms with van der Waals surface area (Å²) in [5.41, 5.74) is 11.4. The molecule has 1 heterocycles. The lowest BCUT2D eigenvalue weighted by Gasteiger charge is -2.28. The molecule has 4 amide bonds. The van der Waals surface area contributed by atoms with E-state index in [2.05, 4.69) is 25.9 Å². The molecule has 14 nitrogen and oxygen atoms in total. The minimum absolute atomic E-state index is 0.00319. The Morgan fingerprint density at radius 1 is 1.06 bits per heavy atom. The Hall–Kier alpha value is -3.52. The van der Waals surface area contributed by atoms with E-state index >= 15 is 0 Å². The fraction of sp³-hybridized carbons (Fsp3) is 0.619. The number of imidazole rings is 1. The summed E-state index contributed by atoms with van der Waals surface area (Å²) in [5, 5.41) is 26.3. The van der Waals surface area contributed by atoms with Gasteiger partial charge in [0.05, 0.1) is 18.5 Å². The van der Waals surface area contributed by atoms with Gasteiger partial charge in [-0.1, -0.05) is 20.3 Å². The number of carbonyl (C=O) groups is 5. The number of primary amides is 1. The van der Waals surface area contributed by atoms with Crippen molar-refractivity contribution in [1.82, 2.24) is 25.9 Å². The summed E-state index contributed by atoms with van der Waals surface area (Å²) >= 11 is 0. The van der Waals surface area contributed by atoms with Crippen molar-refractivity contribution in [2.45, 2.75) is 76.7 Å². The van der Waals surface area contributed by atoms with Crippen molar-refractivity contribution in [3.8, 4) is 0 Å². The van der Waals surface area contributed by atoms with Crippen LogP contribution in [0.3, 0.4) is 0 Å². The van der Waals surface area contributed by atoms with Gasteiger partial charge in [0, 0.05) is 24.7 Å². The summed E-state index contributed by atoms with van der Waals surface area (Å²) in [6, 6.07) is -5.00. The van der Waals surface area contributed by atoms with Crippen LogP contribution in [0, 0.1) is 5.92 Å². The van der Waals surface area contributed by atoms with E-state index in [0.717, 1.165) is 0 Å². The standard InChI is InChI=1S/C21H35N7O7/c1-4-10(2)16(27-18(31)13(22)5-6-15(23)30)20(33)26-14(7-12-8-24-9-25-12)19(32)28-17(11(3)29)21(34)35/h8-11,13-14,16-17,29H,4-7,22H2,1-3H3,(H2,23,30)(H,24,25)(H,26,33)(H,27,31)(H,28,32)(H,34,35). The number of aromatic nitrogens is 2. The molecule has 0 saturated heterocycles. The zero-order valence-corrected chi connectivity index (χ0v) is 20.0. The predicted molar refractivity (Wildman–Crippen MR) is 123 cm³/mol. The fourth-order valence-electron chi connectivity index (χ4n) is 3.12. The van der Waals surface area contributed by atoms with Gasteiger partial charge in [-0.2, -0.15) is 0 Å². The highest BCUT2D eigenvalue weighted by Gasteiger charge is 2.33. The smallest absolute Gasteiger partial charge is 0.328 e. The third-order valence-corrected chi connectivity index (χ3v) is 5.49. The molecular weight excluding hydrogens is 462 g/mol. The molecule has 10 N–H and O–H groups in total. The molecule has 6 atom stereocenters. The average Bonchev–Trinajstić information content (AvgIpc) is 3.30. The molecule has 0 aromatic carbocycles. The summed E-state index contributed by atoms with van der Waals surface area (Å²) < 4.78 is 0. The van der Waals surface area contributed by atoms with E-state index in [1.54, 1.807) is 13.8 Å². The van der Waals surface area contributed by atoms with Gasteiger partial charge in [0.2, 0.25) is 23.6 Å². The number of nitrogens with two attached hydrogens (primary N) is 2. The quantitative estimate of drug-likeness (QED) is 0.128. The van der Waals surface area contributed by atoms with Crippen molar-refractivity contribution >= 4 is 29.6 Å². The van der Waals surface area contributed by atoms with Crippen LogP contribution < -0.4 is 27.4 Å². The lowest BCUT2D eigenvalue weighted by molar-refractivity contribution is -0.145. The molecule has 0 radical (unpaired) electrons. The van der Waals surface area contributed by atoms with Gasteiger partial charge in [0.25, 0.3) is 0 Å². The molecule has 1 aromatic heterocycles. The van der Waals surface area contributed by atoms with Gasteiger partial charge in [-0.25, -0.2) is 9.78 Å². The van der Waals surface area contributed by atoms with Crippen molar-refractivity contribution in [2.24, 2.45) is 17.4 Å². The number of rotatable bonds is 15. The molecule has 196 valence electrons. The number of amides is 4. The van der Waals surface area contributed by atoms with E-state index in [1.165, 1.54) is 19.4 Å². The summed E-state index contributed by atoms with van der Waals surface area (Å²) in [7, 11) is 0. The van der Waals surface area contributed by atoms with Crippen molar-refractivity contribution < 1.29 is 34.2 Å². The van der Waals surface area contributed by atoms with Crippen molar-refractivity contribution in [3.63, 3.8) is 0 Å². The van der Waals surface area contributed by atoms with E-state index in [0.29, 0.717) is 12.1 Å². The van der Waals surface area contributed by atoms with Crippen LogP contribution in [0.15, 0.2) is 12.5 Å². The Morgan fingerprint density at radius 2 is 1.69 bits per heavy atom. The van der Waals surface area contributed by atoms with E-state index in [9.17, 15) is 34.2 Å². The van der Waals surface area contributed by atoms with E-state index in [1.807, 2.05) is 0 Å². The van der Waals surface area contributed by atoms with Crippen LogP contribution in [0.1, 0.15) is 45.7 Å². The van der Waals surface area contributed by atoms with Crippen LogP contribution in [0.25, 0.3) is 0 Å². The maximum atomic E-state index is 13.2. The first kappa shape index (κ1) is 29.5. The molecule has 1 aromatic rings. The number of carbonyl (C=O) groups excluding carboxylic acids is 4. The molecule has 0 aliphatic rings. The highest BCUT2D eigenvalue weighted by molar-refractivity contribution is 5.94. The lowest BCUT2D eigenvalue weighted by Crippen LogP contribution is -2.60. The second-order valence-electron chi connectivity index (χ2n) is 8.39. The summed E-state index contributed by atoms with van der Waals surface area (Å²) in [6.07, 6.45) is 1.73. The zero-order valence-electron chi connectivity index (χ0n) is 20.0. The second kappa shape index (κ2) is 14.0. The lowest BCUT2D eigenvalue weighted by atomic mass is 9.96. The molecule has 1 rings (SSSR count). The molecule has 6 unspecified atom stereocenters. The number of nitrogens with zero attached hydrogens (tertiary/aromatic N) is 1. The minimum Gasteiger partial charge on any atom is -0.480 e. The Balaban J connectivity index is 3.06. The summed E-state index contributed by atoms with van der Waals surface area (Å²) in [5.74, 6) is -4.64. The van der Waals surface area contributed by atoms with Gasteiger partial charge >= 0.3 is 5.97 Å². The van der Waals surface area contributed by atoms with Crippen LogP contribution in [0.4, 0.5) is 0 Å². The molecule has 0 spiro atoms. The summed E-state index contributed by atoms with van der Waals surface area (Å²) in [6.45, 7) is 4.73. The molecule has 0 aliphatic heterocycles. The third-order valence-electron chi connectivity index (χ3n) is 5.49. The van der Waals surface area contributed by atoms with Crippen LogP contribution in [-0.2, 0) is 30.4 Å². The fourth-order valence-corrected chi connectivity index (χ4v) is 3.12. The van der Waals surface area contributed by atoms with Crippen LogP contribution in [0.5, 0.6) is 0 Å². The SMILES string of the molecule is CCC(C)C(NC(=O)C(N)CCC(N)=O)C(=O)NC(Cc1cnc[nH]1)C(=O)NC(C(=O)O)C(C)O. The Labute approximate surface area is 202 Å². The Morgan fingerprint density at radius 3 is 2.17 bits per heavy atom. The number of aromatic amines is 1. The van der Waals surface area contributed by atoms with Crippen molar-refractivity contribution in [2.75, 3.05) is 0 Å². The Bertz CT molecular complexity index is 875. The number of hydrogen-bond donors (Lipinski definition) is 8. The van der Waals surface area contributed by atoms with Gasteiger partial charge in [-0.3, -0.25) is 19.2 Å². The number of carboxylic acids is 1. The topological polar surface area (TPSA) is 243 Å². The van der Waals surface area contributed by atoms with Crippen molar-refractivity contribution in [1.29, 1.82) is 0 Å². The first-order valence-electron chi connectivity index (χ1n) is 11.2. The van der Waals surface area contributed by atoms with Gasteiger partial charge in [-0.05, 0) is 19.3 Å². The number of nitrogens with one attached hydrogen (secondary N) is 4. The van der Waals surface area contributed by atoms with E-state index in [4.69, 9.17) is 11.5 Å². The number of hydrogen-bond acceptors (Lipinski definition) is 8. The maximum absolute atomic E-state index is 13.2. The number of aliphatic hydroxyl groups excluding tert-OH is 1. The molecule has 0 aliphatic carbocycles. The first-order valence-corrected chi connectivity index (χ1v) is 11.2. The maximum Gasteiger partial charge on any atom is 0.328 e. The number of aliphatic carboxylic acids is 1. The molecule has 14 heteroatoms. The van der Waals surface area contributed by atoms with Gasteiger partial charge < -0.3 is 42.6 Å². The Kier molecular flexibility index (Phi) is 11.8. The molecule has 0 fully saturated rings. The molecule has 0 saturated carbocycles. The van der Waals surface area contributed by atoms with Crippen molar-refractivity contribution in [3.05, 3.63) is 18.2 Å². The third kappa shape index (κ3) is 9.70. The average molecular weight is 498 g/mol. The van der Waals surface area contributed by atoms with Gasteiger partial charge in [0.15, 0.2) is 6.04 Å². The van der Waals surface area contributed by atoms with E-state index < -0.39 is 59.9 Å². The number of H-pyrrole nitrogens is 1. The number of carboxylic acid groups (broad SMARTS) is 1. The largest absolute Gasteiger partial charge is 0.480 e. The normalized spacial score (nSPS) is 16.1. The zero-order chi connectivity index (χ0) is 26.7. The first-order chi connectivity index (χ1) is 16.4. The molecule has 35 heavy (non-hydrogen) atoms. The predicted octanol–water partition coefficient (Wildman–Crippen LogP) is -2.49. The monoisotopic (exact) mass is 497 g/mol. The van der Waals surface area contributed by atoms with Crippen LogP contribution >= 0.6 is 0 Å². The number of aliphatic hydroxyl groups is 1. The summed E-state index contributed by atoms with van der Waals surface area (Å²) in [4.78, 5) is 67.5.